The van der Waals surface area contributed by atoms with E-state index in [9.17, 15) is 4.79 Å². The first-order valence-electron chi connectivity index (χ1n) is 12.5. The van der Waals surface area contributed by atoms with Crippen molar-refractivity contribution in [3.8, 4) is 28.8 Å². The lowest BCUT2D eigenvalue weighted by molar-refractivity contribution is 0.174. The summed E-state index contributed by atoms with van der Waals surface area (Å²) in [7, 11) is 0. The average molecular weight is 594 g/mol. The number of rotatable bonds is 6. The first-order chi connectivity index (χ1) is 19.6. The van der Waals surface area contributed by atoms with Gasteiger partial charge in [-0.15, -0.1) is 0 Å². The molecule has 7 rings (SSSR count). The zero-order chi connectivity index (χ0) is 27.1. The number of halogens is 1. The Kier molecular flexibility index (Phi) is 6.05. The van der Waals surface area contributed by atoms with E-state index in [1.807, 2.05) is 72.8 Å². The van der Waals surface area contributed by atoms with E-state index in [0.29, 0.717) is 46.2 Å². The zero-order valence-electron chi connectivity index (χ0n) is 20.9. The maximum Gasteiger partial charge on any atom is 0.282 e. The smallest absolute Gasteiger partial charge is 0.282 e. The number of hydrogen-bond acceptors (Lipinski definition) is 7. The Hall–Kier alpha value is -4.89. The van der Waals surface area contributed by atoms with E-state index in [1.165, 1.54) is 4.68 Å². The van der Waals surface area contributed by atoms with Gasteiger partial charge < -0.3 is 18.6 Å². The summed E-state index contributed by atoms with van der Waals surface area (Å²) in [6, 6.07) is 28.0. The Morgan fingerprint density at radius 1 is 0.950 bits per heavy atom. The summed E-state index contributed by atoms with van der Waals surface area (Å²) >= 11 is 3.59. The van der Waals surface area contributed by atoms with Crippen LogP contribution in [-0.4, -0.2) is 22.7 Å². The van der Waals surface area contributed by atoms with E-state index >= 15 is 0 Å². The van der Waals surface area contributed by atoms with E-state index in [1.54, 1.807) is 24.4 Å². The van der Waals surface area contributed by atoms with Gasteiger partial charge in [0.05, 0.1) is 21.6 Å². The van der Waals surface area contributed by atoms with Gasteiger partial charge in [0, 0.05) is 5.39 Å². The summed E-state index contributed by atoms with van der Waals surface area (Å²) in [5.74, 6) is 2.89. The molecular formula is C31H20BrN3O5. The van der Waals surface area contributed by atoms with Gasteiger partial charge in [-0.1, -0.05) is 36.4 Å². The molecule has 4 aromatic carbocycles. The maximum absolute atomic E-state index is 13.5. The van der Waals surface area contributed by atoms with Crippen molar-refractivity contribution < 1.29 is 18.6 Å². The summed E-state index contributed by atoms with van der Waals surface area (Å²) in [6.07, 6.45) is 1.61. The highest BCUT2D eigenvalue weighted by Crippen LogP contribution is 2.33. The van der Waals surface area contributed by atoms with Gasteiger partial charge in [0.25, 0.3) is 5.56 Å². The maximum atomic E-state index is 13.5. The van der Waals surface area contributed by atoms with Crippen LogP contribution in [0.25, 0.3) is 33.5 Å². The van der Waals surface area contributed by atoms with Crippen LogP contribution in [0.3, 0.4) is 0 Å². The number of furan rings is 1. The minimum atomic E-state index is -0.292. The van der Waals surface area contributed by atoms with E-state index in [-0.39, 0.29) is 12.4 Å². The zero-order valence-corrected chi connectivity index (χ0v) is 22.5. The van der Waals surface area contributed by atoms with Crippen LogP contribution in [0.15, 0.2) is 110 Å². The molecule has 6 aromatic rings. The van der Waals surface area contributed by atoms with Crippen LogP contribution in [0.2, 0.25) is 0 Å². The van der Waals surface area contributed by atoms with Crippen LogP contribution in [0.5, 0.6) is 17.2 Å². The van der Waals surface area contributed by atoms with E-state index < -0.39 is 0 Å². The van der Waals surface area contributed by atoms with Crippen LogP contribution < -0.4 is 19.8 Å². The van der Waals surface area contributed by atoms with Crippen LogP contribution in [0.4, 0.5) is 0 Å². The molecule has 2 aromatic heterocycles. The molecule has 0 unspecified atom stereocenters. The van der Waals surface area contributed by atoms with Crippen LogP contribution in [0, 0.1) is 0 Å². The second-order valence-electron chi connectivity index (χ2n) is 9.13. The summed E-state index contributed by atoms with van der Waals surface area (Å²) < 4.78 is 24.9. The van der Waals surface area contributed by atoms with Crippen molar-refractivity contribution in [3.05, 3.63) is 117 Å². The monoisotopic (exact) mass is 593 g/mol. The molecule has 0 aliphatic carbocycles. The van der Waals surface area contributed by atoms with Crippen LogP contribution in [-0.2, 0) is 6.61 Å². The number of nitrogens with zero attached hydrogens (tertiary/aromatic N) is 3. The molecule has 3 heterocycles. The molecule has 0 N–H and O–H groups in total. The average Bonchev–Trinajstić information content (AvgIpc) is 3.63. The number of aromatic nitrogens is 2. The summed E-state index contributed by atoms with van der Waals surface area (Å²) in [4.78, 5) is 18.2. The highest BCUT2D eigenvalue weighted by atomic mass is 79.9. The normalized spacial score (nSPS) is 12.5. The highest BCUT2D eigenvalue weighted by molar-refractivity contribution is 9.10. The molecule has 0 amide bonds. The van der Waals surface area contributed by atoms with Crippen molar-refractivity contribution in [2.24, 2.45) is 5.10 Å². The molecule has 0 fully saturated rings. The molecule has 1 aliphatic rings. The molecular weight excluding hydrogens is 574 g/mol. The number of ether oxygens (including phenoxy) is 3. The molecule has 40 heavy (non-hydrogen) atoms. The Morgan fingerprint density at radius 2 is 1.80 bits per heavy atom. The first kappa shape index (κ1) is 24.2. The highest BCUT2D eigenvalue weighted by Gasteiger charge is 2.17. The second-order valence-corrected chi connectivity index (χ2v) is 9.98. The van der Waals surface area contributed by atoms with Gasteiger partial charge in [-0.25, -0.2) is 4.98 Å². The van der Waals surface area contributed by atoms with Crippen LogP contribution in [0.1, 0.15) is 11.1 Å². The minimum Gasteiger partial charge on any atom is -0.488 e. The molecule has 0 bridgehead atoms. The number of fused-ring (bicyclic) bond motifs is 3. The van der Waals surface area contributed by atoms with Gasteiger partial charge in [-0.3, -0.25) is 4.79 Å². The van der Waals surface area contributed by atoms with Crippen LogP contribution >= 0.6 is 15.9 Å². The molecule has 0 atom stereocenters. The van der Waals surface area contributed by atoms with Gasteiger partial charge in [0.15, 0.2) is 17.3 Å². The van der Waals surface area contributed by atoms with Crippen molar-refractivity contribution in [3.63, 3.8) is 0 Å². The van der Waals surface area contributed by atoms with Crippen molar-refractivity contribution in [2.45, 2.75) is 6.61 Å². The SMILES string of the molecule is O=c1c2ccccc2nc(-c2cc3ccccc3o2)n1N=Cc1ccc(OCc2ccc3c(c2)OCO3)c(Br)c1. The summed E-state index contributed by atoms with van der Waals surface area (Å²) in [6.45, 7) is 0.594. The Labute approximate surface area is 236 Å². The Morgan fingerprint density at radius 3 is 2.70 bits per heavy atom. The quantitative estimate of drug-likeness (QED) is 0.198. The molecule has 9 heteroatoms. The van der Waals surface area contributed by atoms with E-state index in [4.69, 9.17) is 23.6 Å². The van der Waals surface area contributed by atoms with Crippen molar-refractivity contribution >= 4 is 44.0 Å². The largest absolute Gasteiger partial charge is 0.488 e. The van der Waals surface area contributed by atoms with E-state index in [2.05, 4.69) is 21.0 Å². The third-order valence-corrected chi connectivity index (χ3v) is 7.13. The first-order valence-corrected chi connectivity index (χ1v) is 13.3. The summed E-state index contributed by atoms with van der Waals surface area (Å²) in [5, 5.41) is 5.92. The fourth-order valence-electron chi connectivity index (χ4n) is 4.51. The predicted molar refractivity (Wildman–Crippen MR) is 155 cm³/mol. The summed E-state index contributed by atoms with van der Waals surface area (Å²) in [5.41, 5.74) is 2.71. The number of hydrogen-bond donors (Lipinski definition) is 0. The number of para-hydroxylation sites is 2. The Balaban J connectivity index is 1.19. The lowest BCUT2D eigenvalue weighted by Crippen LogP contribution is -2.20. The van der Waals surface area contributed by atoms with Gasteiger partial charge in [-0.05, 0) is 81.7 Å². The number of benzene rings is 4. The van der Waals surface area contributed by atoms with Crippen molar-refractivity contribution in [1.82, 2.24) is 9.66 Å². The molecule has 196 valence electrons. The predicted octanol–water partition coefficient (Wildman–Crippen LogP) is 6.76. The molecule has 0 saturated heterocycles. The van der Waals surface area contributed by atoms with Gasteiger partial charge in [-0.2, -0.15) is 9.78 Å². The van der Waals surface area contributed by atoms with E-state index in [0.717, 1.165) is 26.7 Å². The van der Waals surface area contributed by atoms with Crippen molar-refractivity contribution in [1.29, 1.82) is 0 Å². The molecule has 0 radical (unpaired) electrons. The second kappa shape index (κ2) is 10.0. The lowest BCUT2D eigenvalue weighted by Gasteiger charge is -2.10. The fraction of sp³-hybridized carbons (Fsp3) is 0.0645. The lowest BCUT2D eigenvalue weighted by atomic mass is 10.2. The third kappa shape index (κ3) is 4.50. The molecule has 8 nitrogen and oxygen atoms in total. The Bertz CT molecular complexity index is 1960. The van der Waals surface area contributed by atoms with Crippen molar-refractivity contribution in [2.75, 3.05) is 6.79 Å². The standard InChI is InChI=1S/C31H20BrN3O5/c32-23-13-19(9-11-26(23)37-17-20-10-12-27-28(14-20)39-18-38-27)16-33-35-30(29-15-21-5-1-4-8-25(21)40-29)34-24-7-3-2-6-22(24)31(35)36/h1-16H,17-18H2. The van der Waals surface area contributed by atoms with Gasteiger partial charge in [0.2, 0.25) is 12.6 Å². The molecule has 1 aliphatic heterocycles. The topological polar surface area (TPSA) is 88.1 Å². The molecule has 0 saturated carbocycles. The third-order valence-electron chi connectivity index (χ3n) is 6.51. The fourth-order valence-corrected chi connectivity index (χ4v) is 5.02. The minimum absolute atomic E-state index is 0.232. The molecule has 0 spiro atoms. The van der Waals surface area contributed by atoms with Gasteiger partial charge in [0.1, 0.15) is 17.9 Å². The van der Waals surface area contributed by atoms with Gasteiger partial charge >= 0.3 is 0 Å².